The number of para-hydroxylation sites is 1. The molecule has 1 N–H and O–H groups in total. The van der Waals surface area contributed by atoms with Gasteiger partial charge in [-0.15, -0.1) is 0 Å². The Labute approximate surface area is 151 Å². The number of carbonyl (C=O) groups excluding carboxylic acids is 2. The zero-order valence-electron chi connectivity index (χ0n) is 13.7. The van der Waals surface area contributed by atoms with Gasteiger partial charge in [0, 0.05) is 24.3 Å². The van der Waals surface area contributed by atoms with Crippen LogP contribution < -0.4 is 10.1 Å². The summed E-state index contributed by atoms with van der Waals surface area (Å²) in [6.45, 7) is 1.43. The number of anilines is 1. The average molecular weight is 359 g/mol. The topological polar surface area (TPSA) is 58.6 Å². The highest BCUT2D eigenvalue weighted by atomic mass is 35.5. The molecule has 6 heteroatoms. The Morgan fingerprint density at radius 3 is 2.60 bits per heavy atom. The molecule has 2 amide bonds. The van der Waals surface area contributed by atoms with E-state index >= 15 is 0 Å². The Balaban J connectivity index is 1.59. The number of nitrogens with zero attached hydrogens (tertiary/aromatic N) is 1. The summed E-state index contributed by atoms with van der Waals surface area (Å²) < 4.78 is 5.41. The quantitative estimate of drug-likeness (QED) is 0.888. The highest BCUT2D eigenvalue weighted by Gasteiger charge is 2.19. The summed E-state index contributed by atoms with van der Waals surface area (Å²) in [5, 5.41) is 3.19. The van der Waals surface area contributed by atoms with Gasteiger partial charge in [-0.05, 0) is 43.2 Å². The normalized spacial score (nSPS) is 13.6. The fraction of sp³-hybridized carbons (Fsp3) is 0.263. The van der Waals surface area contributed by atoms with Gasteiger partial charge in [0.1, 0.15) is 5.75 Å². The monoisotopic (exact) mass is 358 g/mol. The van der Waals surface area contributed by atoms with E-state index in [-0.39, 0.29) is 18.4 Å². The van der Waals surface area contributed by atoms with Gasteiger partial charge in [0.05, 0.1) is 5.02 Å². The van der Waals surface area contributed by atoms with Crippen molar-refractivity contribution in [2.45, 2.75) is 12.8 Å². The van der Waals surface area contributed by atoms with Gasteiger partial charge < -0.3 is 15.0 Å². The highest BCUT2D eigenvalue weighted by molar-refractivity contribution is 6.32. The standard InChI is InChI=1S/C19H19ClN2O3/c20-16-8-1-2-9-17(16)25-13-18(23)21-15-7-5-6-14(12-15)19(24)22-10-3-4-11-22/h1-2,5-9,12H,3-4,10-11,13H2,(H,21,23). The van der Waals surface area contributed by atoms with E-state index in [4.69, 9.17) is 16.3 Å². The molecule has 1 saturated heterocycles. The van der Waals surface area contributed by atoms with Crippen LogP contribution >= 0.6 is 11.6 Å². The van der Waals surface area contributed by atoms with E-state index in [1.165, 1.54) is 0 Å². The Kier molecular flexibility index (Phi) is 5.56. The van der Waals surface area contributed by atoms with Crippen LogP contribution in [0.25, 0.3) is 0 Å². The number of ether oxygens (including phenoxy) is 1. The number of rotatable bonds is 5. The number of hydrogen-bond donors (Lipinski definition) is 1. The number of nitrogens with one attached hydrogen (secondary N) is 1. The van der Waals surface area contributed by atoms with Gasteiger partial charge in [-0.3, -0.25) is 9.59 Å². The minimum absolute atomic E-state index is 0.000848. The lowest BCUT2D eigenvalue weighted by molar-refractivity contribution is -0.118. The van der Waals surface area contributed by atoms with Crippen molar-refractivity contribution in [3.8, 4) is 5.75 Å². The zero-order chi connectivity index (χ0) is 17.6. The number of carbonyl (C=O) groups is 2. The predicted octanol–water partition coefficient (Wildman–Crippen LogP) is 3.59. The molecule has 3 rings (SSSR count). The van der Waals surface area contributed by atoms with Crippen molar-refractivity contribution in [1.29, 1.82) is 0 Å². The molecule has 1 aliphatic rings. The first kappa shape index (κ1) is 17.3. The molecule has 0 radical (unpaired) electrons. The number of hydrogen-bond acceptors (Lipinski definition) is 3. The van der Waals surface area contributed by atoms with Gasteiger partial charge >= 0.3 is 0 Å². The third-order valence-electron chi connectivity index (χ3n) is 3.98. The Morgan fingerprint density at radius 2 is 1.84 bits per heavy atom. The minimum Gasteiger partial charge on any atom is -0.482 e. The Bertz CT molecular complexity index is 773. The van der Waals surface area contributed by atoms with Gasteiger partial charge in [-0.1, -0.05) is 29.8 Å². The van der Waals surface area contributed by atoms with Crippen molar-refractivity contribution < 1.29 is 14.3 Å². The predicted molar refractivity (Wildman–Crippen MR) is 97.2 cm³/mol. The van der Waals surface area contributed by atoms with Crippen LogP contribution in [-0.4, -0.2) is 36.4 Å². The molecular weight excluding hydrogens is 340 g/mol. The molecule has 2 aromatic carbocycles. The molecule has 1 heterocycles. The molecule has 2 aromatic rings. The van der Waals surface area contributed by atoms with Crippen molar-refractivity contribution in [2.75, 3.05) is 25.0 Å². The maximum Gasteiger partial charge on any atom is 0.262 e. The van der Waals surface area contributed by atoms with E-state index in [2.05, 4.69) is 5.32 Å². The van der Waals surface area contributed by atoms with Crippen molar-refractivity contribution in [2.24, 2.45) is 0 Å². The highest BCUT2D eigenvalue weighted by Crippen LogP contribution is 2.23. The maximum atomic E-state index is 12.4. The van der Waals surface area contributed by atoms with Crippen LogP contribution in [0.15, 0.2) is 48.5 Å². The molecule has 0 saturated carbocycles. The number of amides is 2. The van der Waals surface area contributed by atoms with Crippen LogP contribution in [0.4, 0.5) is 5.69 Å². The summed E-state index contributed by atoms with van der Waals surface area (Å²) in [4.78, 5) is 26.3. The lowest BCUT2D eigenvalue weighted by atomic mass is 10.1. The van der Waals surface area contributed by atoms with Gasteiger partial charge in [-0.25, -0.2) is 0 Å². The van der Waals surface area contributed by atoms with Gasteiger partial charge in [0.25, 0.3) is 11.8 Å². The first-order valence-corrected chi connectivity index (χ1v) is 8.58. The number of benzene rings is 2. The van der Waals surface area contributed by atoms with Crippen LogP contribution in [-0.2, 0) is 4.79 Å². The Morgan fingerprint density at radius 1 is 1.08 bits per heavy atom. The lowest BCUT2D eigenvalue weighted by Gasteiger charge is -2.16. The lowest BCUT2D eigenvalue weighted by Crippen LogP contribution is -2.27. The molecule has 0 aromatic heterocycles. The van der Waals surface area contributed by atoms with Crippen LogP contribution in [0.2, 0.25) is 5.02 Å². The Hall–Kier alpha value is -2.53. The second-order valence-corrected chi connectivity index (χ2v) is 6.25. The summed E-state index contributed by atoms with van der Waals surface area (Å²) in [7, 11) is 0. The molecule has 0 aliphatic carbocycles. The molecule has 5 nitrogen and oxygen atoms in total. The van der Waals surface area contributed by atoms with Crippen molar-refractivity contribution in [3.05, 3.63) is 59.1 Å². The molecule has 25 heavy (non-hydrogen) atoms. The van der Waals surface area contributed by atoms with Gasteiger partial charge in [0.15, 0.2) is 6.61 Å². The second-order valence-electron chi connectivity index (χ2n) is 5.85. The fourth-order valence-electron chi connectivity index (χ4n) is 2.73. The third kappa shape index (κ3) is 4.51. The minimum atomic E-state index is -0.314. The third-order valence-corrected chi connectivity index (χ3v) is 4.29. The fourth-order valence-corrected chi connectivity index (χ4v) is 2.93. The number of halogens is 1. The van der Waals surface area contributed by atoms with E-state index in [0.29, 0.717) is 22.0 Å². The van der Waals surface area contributed by atoms with Crippen LogP contribution in [0, 0.1) is 0 Å². The molecule has 0 spiro atoms. The molecule has 130 valence electrons. The van der Waals surface area contributed by atoms with Gasteiger partial charge in [0.2, 0.25) is 0 Å². The maximum absolute atomic E-state index is 12.4. The van der Waals surface area contributed by atoms with Crippen molar-refractivity contribution in [3.63, 3.8) is 0 Å². The molecule has 1 fully saturated rings. The summed E-state index contributed by atoms with van der Waals surface area (Å²) in [6, 6.07) is 13.9. The van der Waals surface area contributed by atoms with Crippen LogP contribution in [0.3, 0.4) is 0 Å². The number of likely N-dealkylation sites (tertiary alicyclic amines) is 1. The van der Waals surface area contributed by atoms with E-state index in [9.17, 15) is 9.59 Å². The van der Waals surface area contributed by atoms with Crippen molar-refractivity contribution >= 4 is 29.1 Å². The summed E-state index contributed by atoms with van der Waals surface area (Å²) in [6.07, 6.45) is 2.09. The summed E-state index contributed by atoms with van der Waals surface area (Å²) >= 11 is 5.99. The van der Waals surface area contributed by atoms with E-state index < -0.39 is 0 Å². The molecule has 1 aliphatic heterocycles. The first-order chi connectivity index (χ1) is 12.1. The van der Waals surface area contributed by atoms with E-state index in [1.807, 2.05) is 4.90 Å². The van der Waals surface area contributed by atoms with Crippen molar-refractivity contribution in [1.82, 2.24) is 4.90 Å². The molecular formula is C19H19ClN2O3. The summed E-state index contributed by atoms with van der Waals surface area (Å²) in [5.74, 6) is 0.142. The molecule has 0 atom stereocenters. The zero-order valence-corrected chi connectivity index (χ0v) is 14.5. The van der Waals surface area contributed by atoms with Gasteiger partial charge in [-0.2, -0.15) is 0 Å². The summed E-state index contributed by atoms with van der Waals surface area (Å²) in [5.41, 5.74) is 1.14. The second kappa shape index (κ2) is 8.03. The molecule has 0 bridgehead atoms. The molecule has 0 unspecified atom stereocenters. The van der Waals surface area contributed by atoms with E-state index in [1.54, 1.807) is 48.5 Å². The van der Waals surface area contributed by atoms with Crippen LogP contribution in [0.1, 0.15) is 23.2 Å². The SMILES string of the molecule is O=C(COc1ccccc1Cl)Nc1cccc(C(=O)N2CCCC2)c1. The van der Waals surface area contributed by atoms with E-state index in [0.717, 1.165) is 25.9 Å². The smallest absolute Gasteiger partial charge is 0.262 e. The largest absolute Gasteiger partial charge is 0.482 e. The first-order valence-electron chi connectivity index (χ1n) is 8.20. The average Bonchev–Trinajstić information content (AvgIpc) is 3.15. The van der Waals surface area contributed by atoms with Crippen LogP contribution in [0.5, 0.6) is 5.75 Å².